The minimum atomic E-state index is -0.501. The summed E-state index contributed by atoms with van der Waals surface area (Å²) in [7, 11) is 3.99. The van der Waals surface area contributed by atoms with Crippen LogP contribution in [0.15, 0.2) is 72.8 Å². The molecule has 6 aromatic rings. The van der Waals surface area contributed by atoms with Gasteiger partial charge in [0, 0.05) is 68.4 Å². The number of carbonyl (C=O) groups excluding carboxylic acids is 1. The molecule has 0 bridgehead atoms. The van der Waals surface area contributed by atoms with Crippen molar-refractivity contribution < 1.29 is 23.0 Å². The number of rotatable bonds is 8. The summed E-state index contributed by atoms with van der Waals surface area (Å²) in [5.74, 6) is 0.638. The van der Waals surface area contributed by atoms with Crippen LogP contribution < -0.4 is 10.1 Å². The Hall–Kier alpha value is -5.17. The topological polar surface area (TPSA) is 110 Å². The van der Waals surface area contributed by atoms with Crippen molar-refractivity contribution in [3.05, 3.63) is 118 Å². The number of fused-ring (bicyclic) bond motifs is 2. The number of anilines is 1. The van der Waals surface area contributed by atoms with Crippen LogP contribution >= 0.6 is 11.6 Å². The van der Waals surface area contributed by atoms with Gasteiger partial charge in [-0.05, 0) is 73.9 Å². The van der Waals surface area contributed by atoms with Crippen molar-refractivity contribution in [2.45, 2.75) is 32.9 Å². The van der Waals surface area contributed by atoms with Gasteiger partial charge >= 0.3 is 0 Å². The van der Waals surface area contributed by atoms with Crippen molar-refractivity contribution in [2.24, 2.45) is 7.05 Å². The molecular weight excluding hydrogens is 688 g/mol. The third-order valence-corrected chi connectivity index (χ3v) is 9.17. The highest BCUT2D eigenvalue weighted by Crippen LogP contribution is 2.26. The van der Waals surface area contributed by atoms with E-state index < -0.39 is 5.82 Å². The second kappa shape index (κ2) is 16.9. The average molecular weight is 728 g/mol. The highest BCUT2D eigenvalue weighted by atomic mass is 35.5. The summed E-state index contributed by atoms with van der Waals surface area (Å²) >= 11 is 5.82. The van der Waals surface area contributed by atoms with Gasteiger partial charge in [-0.3, -0.25) is 14.8 Å². The zero-order valence-corrected chi connectivity index (χ0v) is 30.0. The van der Waals surface area contributed by atoms with Gasteiger partial charge in [-0.2, -0.15) is 5.10 Å². The molecule has 0 saturated carbocycles. The van der Waals surface area contributed by atoms with Crippen molar-refractivity contribution in [3.63, 3.8) is 0 Å². The third-order valence-electron chi connectivity index (χ3n) is 8.94. The number of aromatic nitrogens is 5. The largest absolute Gasteiger partial charge is 0.473 e. The lowest BCUT2D eigenvalue weighted by atomic mass is 10.0. The van der Waals surface area contributed by atoms with E-state index in [-0.39, 0.29) is 18.0 Å². The quantitative estimate of drug-likeness (QED) is 0.152. The molecule has 3 aromatic carbocycles. The summed E-state index contributed by atoms with van der Waals surface area (Å²) in [6.45, 7) is 6.34. The number of hydrogen-bond acceptors (Lipinski definition) is 8. The van der Waals surface area contributed by atoms with Crippen molar-refractivity contribution in [3.8, 4) is 5.88 Å². The smallest absolute Gasteiger partial charge is 0.214 e. The summed E-state index contributed by atoms with van der Waals surface area (Å²) in [6.07, 6.45) is 4.88. The summed E-state index contributed by atoms with van der Waals surface area (Å²) in [5.41, 5.74) is 6.96. The van der Waals surface area contributed by atoms with Crippen LogP contribution in [0.5, 0.6) is 5.88 Å². The van der Waals surface area contributed by atoms with E-state index in [1.807, 2.05) is 19.2 Å². The van der Waals surface area contributed by atoms with E-state index in [4.69, 9.17) is 26.1 Å². The van der Waals surface area contributed by atoms with Gasteiger partial charge in [0.05, 0.1) is 39.7 Å². The van der Waals surface area contributed by atoms with E-state index in [9.17, 15) is 13.6 Å². The third kappa shape index (κ3) is 8.64. The molecule has 0 atom stereocenters. The van der Waals surface area contributed by atoms with E-state index in [0.29, 0.717) is 39.3 Å². The van der Waals surface area contributed by atoms with E-state index in [1.54, 1.807) is 31.2 Å². The number of benzene rings is 3. The Balaban J connectivity index is 0.000000223. The predicted octanol–water partition coefficient (Wildman–Crippen LogP) is 7.90. The molecule has 13 heteroatoms. The lowest BCUT2D eigenvalue weighted by Crippen LogP contribution is -2.29. The fraction of sp³-hybridized carbons (Fsp3) is 0.282. The summed E-state index contributed by atoms with van der Waals surface area (Å²) < 4.78 is 40.1. The number of hydrogen-bond donors (Lipinski definition) is 2. The maximum Gasteiger partial charge on any atom is 0.214 e. The minimum absolute atomic E-state index is 0.0667. The fourth-order valence-corrected chi connectivity index (χ4v) is 5.92. The minimum Gasteiger partial charge on any atom is -0.473 e. The molecule has 270 valence electrons. The van der Waals surface area contributed by atoms with Crippen LogP contribution in [0.25, 0.3) is 27.5 Å². The zero-order chi connectivity index (χ0) is 36.6. The van der Waals surface area contributed by atoms with Crippen molar-refractivity contribution in [2.75, 3.05) is 38.7 Å². The van der Waals surface area contributed by atoms with Crippen molar-refractivity contribution in [1.82, 2.24) is 29.6 Å². The molecule has 10 nitrogen and oxygen atoms in total. The van der Waals surface area contributed by atoms with Crippen LogP contribution in [0.1, 0.15) is 46.0 Å². The van der Waals surface area contributed by atoms with Crippen LogP contribution in [-0.4, -0.2) is 69.3 Å². The number of halogens is 3. The van der Waals surface area contributed by atoms with Gasteiger partial charge in [0.2, 0.25) is 5.88 Å². The lowest BCUT2D eigenvalue weighted by Gasteiger charge is -2.25. The van der Waals surface area contributed by atoms with Gasteiger partial charge in [-0.1, -0.05) is 29.8 Å². The molecule has 52 heavy (non-hydrogen) atoms. The van der Waals surface area contributed by atoms with E-state index in [1.165, 1.54) is 24.1 Å². The number of aryl methyl sites for hydroxylation is 2. The van der Waals surface area contributed by atoms with Gasteiger partial charge in [0.15, 0.2) is 6.29 Å². The maximum atomic E-state index is 14.0. The summed E-state index contributed by atoms with van der Waals surface area (Å²) in [4.78, 5) is 22.3. The van der Waals surface area contributed by atoms with Crippen LogP contribution in [0.3, 0.4) is 0 Å². The Kier molecular flexibility index (Phi) is 11.9. The number of aromatic amines is 1. The first-order chi connectivity index (χ1) is 25.2. The van der Waals surface area contributed by atoms with Gasteiger partial charge in [0.1, 0.15) is 24.1 Å². The number of carbonyl (C=O) groups is 1. The molecule has 1 fully saturated rings. The monoisotopic (exact) mass is 727 g/mol. The molecule has 0 amide bonds. The van der Waals surface area contributed by atoms with Crippen LogP contribution in [0, 0.1) is 18.6 Å². The number of pyridine rings is 1. The Morgan fingerprint density at radius 2 is 1.87 bits per heavy atom. The average Bonchev–Trinajstić information content (AvgIpc) is 3.66. The van der Waals surface area contributed by atoms with Crippen LogP contribution in [0.4, 0.5) is 14.5 Å². The number of H-pyrrole nitrogens is 1. The van der Waals surface area contributed by atoms with E-state index in [2.05, 4.69) is 61.3 Å². The first kappa shape index (κ1) is 36.6. The number of nitrogens with zero attached hydrogens (tertiary/aromatic N) is 5. The Morgan fingerprint density at radius 3 is 2.56 bits per heavy atom. The molecular formula is C39H40ClF2N7O3. The van der Waals surface area contributed by atoms with E-state index in [0.717, 1.165) is 67.5 Å². The molecule has 0 aliphatic carbocycles. The van der Waals surface area contributed by atoms with Crippen LogP contribution in [-0.2, 0) is 24.9 Å². The predicted molar refractivity (Wildman–Crippen MR) is 200 cm³/mol. The first-order valence-electron chi connectivity index (χ1n) is 17.0. The van der Waals surface area contributed by atoms with Crippen molar-refractivity contribution in [1.29, 1.82) is 0 Å². The summed E-state index contributed by atoms with van der Waals surface area (Å²) in [6, 6.07) is 19.6. The number of imidazole rings is 1. The highest BCUT2D eigenvalue weighted by molar-refractivity contribution is 6.30. The number of aldehydes is 1. The van der Waals surface area contributed by atoms with Crippen LogP contribution in [0.2, 0.25) is 5.02 Å². The molecule has 2 N–H and O–H groups in total. The normalized spacial score (nSPS) is 14.1. The molecule has 8 rings (SSSR count). The number of ether oxygens (including phenoxy) is 2. The molecule has 5 heterocycles. The lowest BCUT2D eigenvalue weighted by molar-refractivity contribution is 0.0367. The zero-order valence-electron chi connectivity index (χ0n) is 29.3. The second-order valence-corrected chi connectivity index (χ2v) is 12.9. The molecule has 2 aliphatic rings. The molecule has 0 unspecified atom stereocenters. The van der Waals surface area contributed by atoms with E-state index >= 15 is 0 Å². The standard InChI is InChI=1S/C27H27ClFN5O.C9H7FN2O.C3H6O/c1-30-21-8-9-25-24(15-21)31-26(33(25)2)16-34-12-10-18(11-13-34)23-4-3-5-27(32-23)35-17-19-6-7-20(28)14-22(19)29;1-5-8-7(12-11-5)3-2-6(4-13)9(8)10;1-2-4-3-1/h3-10,14-15,30H,11-13,16-17H2,1-2H3;2-4H,1H3,(H,11,12);1-3H2. The molecule has 0 radical (unpaired) electrons. The highest BCUT2D eigenvalue weighted by Gasteiger charge is 2.18. The Bertz CT molecular complexity index is 2210. The molecule has 0 spiro atoms. The summed E-state index contributed by atoms with van der Waals surface area (Å²) in [5, 5.41) is 10.5. The Labute approximate surface area is 305 Å². The van der Waals surface area contributed by atoms with Gasteiger partial charge in [0.25, 0.3) is 0 Å². The SMILES string of the molecule is C1COC1.CNc1ccc2c(c1)nc(CN1CC=C(c3cccc(OCc4ccc(Cl)cc4F)n3)CC1)n2C.Cc1[nH]nc2ccc(C=O)c(F)c12. The fourth-order valence-electron chi connectivity index (χ4n) is 5.77. The second-order valence-electron chi connectivity index (χ2n) is 12.4. The van der Waals surface area contributed by atoms with Gasteiger partial charge in [-0.15, -0.1) is 0 Å². The molecule has 2 aliphatic heterocycles. The molecule has 3 aromatic heterocycles. The van der Waals surface area contributed by atoms with Gasteiger partial charge < -0.3 is 19.4 Å². The molecule has 1 saturated heterocycles. The van der Waals surface area contributed by atoms with Crippen molar-refractivity contribution >= 4 is 51.1 Å². The first-order valence-corrected chi connectivity index (χ1v) is 17.4. The number of nitrogens with one attached hydrogen (secondary N) is 2. The Morgan fingerprint density at radius 1 is 1.06 bits per heavy atom. The maximum absolute atomic E-state index is 14.0. The van der Waals surface area contributed by atoms with Gasteiger partial charge in [-0.25, -0.2) is 18.7 Å².